The van der Waals surface area contributed by atoms with Crippen molar-refractivity contribution < 1.29 is 23.6 Å². The molecule has 1 aliphatic carbocycles. The van der Waals surface area contributed by atoms with Gasteiger partial charge in [0, 0.05) is 94.4 Å². The van der Waals surface area contributed by atoms with E-state index >= 15 is 4.39 Å². The lowest BCUT2D eigenvalue weighted by Gasteiger charge is -2.41. The number of Topliss-reactive ketones (excluding diaryl/α,β-unsaturated/α-hetero) is 1. The SMILES string of the molecule is C=C1CCC(N2Cc3c(NCCCCCC(=O)c4ccc([C@H]5C[C@H]6[C@@H](N5)[C@H](c5cccc(Cl)c5F)[C@]5(C(=O)Nc7cc(Cl)ccc75)N6CC5CC5)cc4)cccc3C2=O)C(=O)N1. The predicted octanol–water partition coefficient (Wildman–Crippen LogP) is 8.86. The fraction of sp³-hybridized carbons (Fsp3) is 0.388. The third kappa shape index (κ3) is 7.01. The van der Waals surface area contributed by atoms with Crippen LogP contribution in [-0.4, -0.2) is 64.5 Å². The highest BCUT2D eigenvalue weighted by Gasteiger charge is 2.69. The molecule has 5 heterocycles. The number of carbonyl (C=O) groups is 4. The summed E-state index contributed by atoms with van der Waals surface area (Å²) in [4.78, 5) is 57.8. The predicted molar refractivity (Wildman–Crippen MR) is 238 cm³/mol. The number of hydrogen-bond acceptors (Lipinski definition) is 7. The van der Waals surface area contributed by atoms with Crippen LogP contribution in [0.5, 0.6) is 0 Å². The highest BCUT2D eigenvalue weighted by molar-refractivity contribution is 6.31. The van der Waals surface area contributed by atoms with Crippen LogP contribution in [0.2, 0.25) is 10.0 Å². The van der Waals surface area contributed by atoms with Crippen molar-refractivity contribution in [3.05, 3.63) is 140 Å². The van der Waals surface area contributed by atoms with Crippen molar-refractivity contribution in [2.24, 2.45) is 5.92 Å². The van der Waals surface area contributed by atoms with Crippen molar-refractivity contribution in [3.63, 3.8) is 0 Å². The first-order valence-corrected chi connectivity index (χ1v) is 22.6. The van der Waals surface area contributed by atoms with Crippen molar-refractivity contribution >= 4 is 58.1 Å². The van der Waals surface area contributed by atoms with Gasteiger partial charge in [0.15, 0.2) is 5.78 Å². The van der Waals surface area contributed by atoms with Crippen LogP contribution in [0.4, 0.5) is 15.8 Å². The molecule has 4 fully saturated rings. The number of ketones is 1. The highest BCUT2D eigenvalue weighted by Crippen LogP contribution is 2.61. The summed E-state index contributed by atoms with van der Waals surface area (Å²) in [5, 5.41) is 13.8. The van der Waals surface area contributed by atoms with Crippen LogP contribution in [-0.2, 0) is 21.7 Å². The molecule has 0 bridgehead atoms. The molecule has 4 aromatic carbocycles. The minimum absolute atomic E-state index is 0.0253. The molecular weight excluding hydrogens is 826 g/mol. The van der Waals surface area contributed by atoms with Crippen LogP contribution >= 0.6 is 23.2 Å². The summed E-state index contributed by atoms with van der Waals surface area (Å²) in [5.74, 6) is -0.997. The lowest BCUT2D eigenvalue weighted by Crippen LogP contribution is -2.53. The summed E-state index contributed by atoms with van der Waals surface area (Å²) in [7, 11) is 0. The van der Waals surface area contributed by atoms with Gasteiger partial charge in [-0.15, -0.1) is 0 Å². The van der Waals surface area contributed by atoms with Gasteiger partial charge in [0.2, 0.25) is 11.8 Å². The Kier molecular flexibility index (Phi) is 10.7. The number of carbonyl (C=O) groups excluding carboxylic acids is 4. The summed E-state index contributed by atoms with van der Waals surface area (Å²) in [6.07, 6.45) is 7.03. The Bertz CT molecular complexity index is 2510. The van der Waals surface area contributed by atoms with Crippen molar-refractivity contribution in [3.8, 4) is 0 Å². The Hall–Kier alpha value is -5.07. The minimum atomic E-state index is -1.15. The summed E-state index contributed by atoms with van der Waals surface area (Å²) in [6, 6.07) is 23.2. The van der Waals surface area contributed by atoms with Gasteiger partial charge < -0.3 is 26.2 Å². The fourth-order valence-corrected chi connectivity index (χ4v) is 11.3. The number of rotatable bonds is 13. The van der Waals surface area contributed by atoms with Gasteiger partial charge in [-0.05, 0) is 92.3 Å². The highest BCUT2D eigenvalue weighted by atomic mass is 35.5. The van der Waals surface area contributed by atoms with E-state index in [2.05, 4.69) is 32.7 Å². The van der Waals surface area contributed by atoms with Crippen molar-refractivity contribution in [2.45, 2.75) is 100.0 Å². The van der Waals surface area contributed by atoms with E-state index in [-0.39, 0.29) is 46.7 Å². The molecule has 4 aromatic rings. The van der Waals surface area contributed by atoms with Gasteiger partial charge in [-0.3, -0.25) is 24.1 Å². The molecule has 10 nitrogen and oxygen atoms in total. The second kappa shape index (κ2) is 16.2. The monoisotopic (exact) mass is 874 g/mol. The number of benzene rings is 4. The zero-order valence-electron chi connectivity index (χ0n) is 34.3. The lowest BCUT2D eigenvalue weighted by atomic mass is 9.73. The zero-order chi connectivity index (χ0) is 42.9. The van der Waals surface area contributed by atoms with E-state index in [1.54, 1.807) is 29.2 Å². The molecule has 6 atom stereocenters. The zero-order valence-corrected chi connectivity index (χ0v) is 35.8. The largest absolute Gasteiger partial charge is 0.385 e. The van der Waals surface area contributed by atoms with Crippen molar-refractivity contribution in [1.82, 2.24) is 20.4 Å². The molecule has 13 heteroatoms. The number of nitrogens with one attached hydrogen (secondary N) is 4. The Morgan fingerprint density at radius 1 is 0.935 bits per heavy atom. The maximum Gasteiger partial charge on any atom is 0.255 e. The Morgan fingerprint density at radius 2 is 1.74 bits per heavy atom. The molecule has 320 valence electrons. The number of halogens is 3. The van der Waals surface area contributed by atoms with Crippen molar-refractivity contribution in [1.29, 1.82) is 0 Å². The number of likely N-dealkylation sites (tertiary alicyclic amines) is 1. The van der Waals surface area contributed by atoms with Crippen LogP contribution < -0.4 is 21.3 Å². The number of hydrogen-bond donors (Lipinski definition) is 4. The molecule has 1 spiro atoms. The number of nitrogens with zero attached hydrogens (tertiary/aromatic N) is 2. The van der Waals surface area contributed by atoms with Gasteiger partial charge in [-0.1, -0.05) is 84.7 Å². The Labute approximate surface area is 370 Å². The van der Waals surface area contributed by atoms with E-state index in [9.17, 15) is 19.2 Å². The normalized spacial score (nSPS) is 26.4. The van der Waals surface area contributed by atoms with Crippen LogP contribution in [0, 0.1) is 11.7 Å². The number of unbranched alkanes of at least 4 members (excludes halogenated alkanes) is 2. The molecule has 6 aliphatic rings. The maximum absolute atomic E-state index is 16.2. The van der Waals surface area contributed by atoms with Gasteiger partial charge in [-0.2, -0.15) is 0 Å². The van der Waals surface area contributed by atoms with Gasteiger partial charge in [-0.25, -0.2) is 4.39 Å². The second-order valence-corrected chi connectivity index (χ2v) is 18.7. The molecular formula is C49H49Cl2FN6O4. The Morgan fingerprint density at radius 3 is 2.53 bits per heavy atom. The number of amides is 3. The second-order valence-electron chi connectivity index (χ2n) is 17.9. The van der Waals surface area contributed by atoms with Crippen LogP contribution in [0.3, 0.4) is 0 Å². The van der Waals surface area contributed by atoms with E-state index in [4.69, 9.17) is 23.2 Å². The quantitative estimate of drug-likeness (QED) is 0.0783. The van der Waals surface area contributed by atoms with Gasteiger partial charge in [0.05, 0.1) is 5.02 Å². The van der Waals surface area contributed by atoms with E-state index in [0.717, 1.165) is 61.0 Å². The first kappa shape index (κ1) is 41.0. The fourth-order valence-electron chi connectivity index (χ4n) is 11.0. The molecule has 0 aromatic heterocycles. The van der Waals surface area contributed by atoms with Gasteiger partial charge in [0.25, 0.3) is 5.91 Å². The third-order valence-corrected chi connectivity index (χ3v) is 14.7. The molecule has 10 rings (SSSR count). The van der Waals surface area contributed by atoms with Gasteiger partial charge in [0.1, 0.15) is 17.4 Å². The topological polar surface area (TPSA) is 123 Å². The van der Waals surface area contributed by atoms with Gasteiger partial charge >= 0.3 is 0 Å². The van der Waals surface area contributed by atoms with Crippen molar-refractivity contribution in [2.75, 3.05) is 23.7 Å². The summed E-state index contributed by atoms with van der Waals surface area (Å²) in [6.45, 7) is 5.66. The first-order valence-electron chi connectivity index (χ1n) is 21.9. The average molecular weight is 876 g/mol. The molecule has 4 N–H and O–H groups in total. The summed E-state index contributed by atoms with van der Waals surface area (Å²) in [5.41, 5.74) is 5.58. The van der Waals surface area contributed by atoms with Crippen LogP contribution in [0.1, 0.15) is 113 Å². The summed E-state index contributed by atoms with van der Waals surface area (Å²) >= 11 is 12.9. The molecule has 1 unspecified atom stereocenters. The molecule has 3 saturated heterocycles. The minimum Gasteiger partial charge on any atom is -0.385 e. The van der Waals surface area contributed by atoms with E-state index < -0.39 is 23.3 Å². The maximum atomic E-state index is 16.2. The molecule has 5 aliphatic heterocycles. The number of fused-ring (bicyclic) bond motifs is 4. The first-order chi connectivity index (χ1) is 30.0. The Balaban J connectivity index is 0.780. The number of allylic oxidation sites excluding steroid dienone is 1. The summed E-state index contributed by atoms with van der Waals surface area (Å²) < 4.78 is 16.2. The van der Waals surface area contributed by atoms with E-state index in [0.29, 0.717) is 77.8 Å². The lowest BCUT2D eigenvalue weighted by molar-refractivity contribution is -0.128. The standard InChI is InChI=1S/C49H49Cl2FN6O4/c1-27-12-21-40(46(60)54-27)57-26-34-32(47(57)61)7-6-10-37(34)53-22-4-2-3-11-42(59)30-17-15-29(16-18-30)38-24-41-45(55-38)43(33-8-5-9-36(51)44(33)52)49(58(41)25-28-13-14-28)35-20-19-31(50)23-39(35)56-48(49)62/h5-10,15-20,23,28,38,40-41,43,45,53,55H,1-4,11-14,21-22,24-26H2,(H,54,60)(H,56,62)/t38-,40?,41+,43+,45-,49-/m1/s1. The van der Waals surface area contributed by atoms with E-state index in [1.165, 1.54) is 0 Å². The number of piperidine rings is 1. The third-order valence-electron chi connectivity index (χ3n) is 14.1. The number of anilines is 2. The van der Waals surface area contributed by atoms with Crippen LogP contribution in [0.15, 0.2) is 91.1 Å². The van der Waals surface area contributed by atoms with E-state index in [1.807, 2.05) is 54.6 Å². The molecule has 62 heavy (non-hydrogen) atoms. The molecule has 3 amide bonds. The average Bonchev–Trinajstić information content (AvgIpc) is 3.66. The van der Waals surface area contributed by atoms with Crippen LogP contribution in [0.25, 0.3) is 0 Å². The smallest absolute Gasteiger partial charge is 0.255 e. The molecule has 1 saturated carbocycles. The molecule has 0 radical (unpaired) electrons.